The Hall–Kier alpha value is -1.29. The number of anilines is 1. The summed E-state index contributed by atoms with van der Waals surface area (Å²) in [5.41, 5.74) is 0. The van der Waals surface area contributed by atoms with E-state index in [0.29, 0.717) is 45.3 Å². The Morgan fingerprint density at radius 3 is 2.58 bits per heavy atom. The molecular formula is C15H25N5O3S. The molecule has 0 unspecified atom stereocenters. The van der Waals surface area contributed by atoms with Gasteiger partial charge in [0, 0.05) is 44.6 Å². The minimum atomic E-state index is -3.43. The maximum absolute atomic E-state index is 12.9. The third-order valence-corrected chi connectivity index (χ3v) is 6.54. The fourth-order valence-corrected chi connectivity index (χ4v) is 4.99. The largest absolute Gasteiger partial charge is 0.379 e. The number of morpholine rings is 1. The maximum atomic E-state index is 12.9. The lowest BCUT2D eigenvalue weighted by molar-refractivity contribution is 0.0705. The monoisotopic (exact) mass is 355 g/mol. The minimum absolute atomic E-state index is 0.0307. The molecule has 3 rings (SSSR count). The van der Waals surface area contributed by atoms with Crippen LogP contribution in [-0.4, -0.2) is 72.4 Å². The van der Waals surface area contributed by atoms with Crippen LogP contribution in [-0.2, 0) is 14.9 Å². The van der Waals surface area contributed by atoms with Gasteiger partial charge in [-0.25, -0.2) is 9.97 Å². The summed E-state index contributed by atoms with van der Waals surface area (Å²) in [5, 5.41) is 3.31. The molecule has 1 aromatic rings. The van der Waals surface area contributed by atoms with Crippen LogP contribution in [0.25, 0.3) is 0 Å². The van der Waals surface area contributed by atoms with Gasteiger partial charge >= 0.3 is 0 Å². The van der Waals surface area contributed by atoms with E-state index in [9.17, 15) is 8.42 Å². The van der Waals surface area contributed by atoms with Crippen molar-refractivity contribution >= 4 is 16.2 Å². The van der Waals surface area contributed by atoms with Crippen molar-refractivity contribution in [2.45, 2.75) is 25.8 Å². The van der Waals surface area contributed by atoms with E-state index in [0.717, 1.165) is 12.8 Å². The number of nitrogens with one attached hydrogen (secondary N) is 1. The van der Waals surface area contributed by atoms with E-state index in [-0.39, 0.29) is 12.0 Å². The van der Waals surface area contributed by atoms with E-state index >= 15 is 0 Å². The Labute approximate surface area is 143 Å². The number of rotatable bonds is 6. The highest BCUT2D eigenvalue weighted by atomic mass is 32.2. The molecule has 2 saturated heterocycles. The predicted octanol–water partition coefficient (Wildman–Crippen LogP) is 0.566. The second kappa shape index (κ2) is 7.73. The van der Waals surface area contributed by atoms with Gasteiger partial charge in [0.1, 0.15) is 0 Å². The van der Waals surface area contributed by atoms with Crippen LogP contribution in [0.2, 0.25) is 0 Å². The molecule has 9 heteroatoms. The van der Waals surface area contributed by atoms with Crippen molar-refractivity contribution in [3.8, 4) is 0 Å². The van der Waals surface area contributed by atoms with E-state index in [2.05, 4.69) is 22.2 Å². The van der Waals surface area contributed by atoms with Crippen molar-refractivity contribution in [2.24, 2.45) is 5.92 Å². The summed E-state index contributed by atoms with van der Waals surface area (Å²) in [6.07, 6.45) is 5.35. The van der Waals surface area contributed by atoms with Crippen molar-refractivity contribution in [1.29, 1.82) is 0 Å². The van der Waals surface area contributed by atoms with Crippen LogP contribution in [0.15, 0.2) is 18.5 Å². The molecule has 24 heavy (non-hydrogen) atoms. The van der Waals surface area contributed by atoms with Crippen LogP contribution in [0.5, 0.6) is 0 Å². The highest BCUT2D eigenvalue weighted by Crippen LogP contribution is 2.27. The summed E-state index contributed by atoms with van der Waals surface area (Å²) in [7, 11) is -3.43. The van der Waals surface area contributed by atoms with E-state index in [4.69, 9.17) is 4.74 Å². The molecular weight excluding hydrogens is 330 g/mol. The zero-order valence-corrected chi connectivity index (χ0v) is 14.8. The Morgan fingerprint density at radius 2 is 1.92 bits per heavy atom. The van der Waals surface area contributed by atoms with Gasteiger partial charge in [0.15, 0.2) is 0 Å². The first-order valence-electron chi connectivity index (χ1n) is 8.47. The molecule has 134 valence electrons. The number of hydrogen-bond acceptors (Lipinski definition) is 6. The molecule has 2 aliphatic heterocycles. The first kappa shape index (κ1) is 17.5. The van der Waals surface area contributed by atoms with Gasteiger partial charge in [0.2, 0.25) is 5.95 Å². The van der Waals surface area contributed by atoms with E-state index in [1.807, 2.05) is 0 Å². The molecule has 1 N–H and O–H groups in total. The topological polar surface area (TPSA) is 87.7 Å². The highest BCUT2D eigenvalue weighted by Gasteiger charge is 2.41. The van der Waals surface area contributed by atoms with Crippen LogP contribution >= 0.6 is 0 Å². The first-order chi connectivity index (χ1) is 11.6. The van der Waals surface area contributed by atoms with Gasteiger partial charge in [-0.2, -0.15) is 17.0 Å². The summed E-state index contributed by atoms with van der Waals surface area (Å²) in [4.78, 5) is 8.39. The second-order valence-corrected chi connectivity index (χ2v) is 8.14. The third kappa shape index (κ3) is 3.85. The van der Waals surface area contributed by atoms with Gasteiger partial charge < -0.3 is 10.1 Å². The average Bonchev–Trinajstić information content (AvgIpc) is 3.00. The van der Waals surface area contributed by atoms with Gasteiger partial charge in [-0.3, -0.25) is 0 Å². The summed E-state index contributed by atoms with van der Waals surface area (Å²) < 4.78 is 34.1. The fourth-order valence-electron chi connectivity index (χ4n) is 3.33. The summed E-state index contributed by atoms with van der Waals surface area (Å²) in [5.74, 6) is 0.809. The van der Waals surface area contributed by atoms with E-state index in [1.165, 1.54) is 4.31 Å². The number of hydrogen-bond donors (Lipinski definition) is 1. The number of ether oxygens (including phenoxy) is 1. The fraction of sp³-hybridized carbons (Fsp3) is 0.733. The molecule has 0 bridgehead atoms. The normalized spacial score (nSPS) is 26.5. The zero-order valence-electron chi connectivity index (χ0n) is 14.0. The smallest absolute Gasteiger partial charge is 0.282 e. The van der Waals surface area contributed by atoms with Crippen molar-refractivity contribution in [1.82, 2.24) is 18.6 Å². The summed E-state index contributed by atoms with van der Waals surface area (Å²) >= 11 is 0. The molecule has 0 aromatic carbocycles. The zero-order chi connectivity index (χ0) is 17.0. The molecule has 0 amide bonds. The lowest BCUT2D eigenvalue weighted by Crippen LogP contribution is -2.48. The summed E-state index contributed by atoms with van der Waals surface area (Å²) in [6.45, 7) is 4.89. The predicted molar refractivity (Wildman–Crippen MR) is 90.7 cm³/mol. The van der Waals surface area contributed by atoms with Crippen LogP contribution < -0.4 is 5.32 Å². The minimum Gasteiger partial charge on any atom is -0.379 e. The Morgan fingerprint density at radius 1 is 1.21 bits per heavy atom. The standard InChI is InChI=1S/C15H25N5O3S/c1-2-4-13-11-20(24(21,22)19-7-9-23-10-8-19)12-14(13)18-15-16-5-3-6-17-15/h3,5-6,13-14H,2,4,7-12H2,1H3,(H,16,17,18)/t13-,14-/m0/s1. The van der Waals surface area contributed by atoms with Crippen LogP contribution in [0.4, 0.5) is 5.95 Å². The second-order valence-electron chi connectivity index (χ2n) is 6.21. The van der Waals surface area contributed by atoms with Crippen molar-refractivity contribution in [3.05, 3.63) is 18.5 Å². The van der Waals surface area contributed by atoms with Crippen molar-refractivity contribution in [2.75, 3.05) is 44.7 Å². The highest BCUT2D eigenvalue weighted by molar-refractivity contribution is 7.86. The van der Waals surface area contributed by atoms with E-state index < -0.39 is 10.2 Å². The molecule has 0 aliphatic carbocycles. The lowest BCUT2D eigenvalue weighted by Gasteiger charge is -2.30. The Balaban J connectivity index is 1.71. The Kier molecular flexibility index (Phi) is 5.65. The molecule has 3 heterocycles. The van der Waals surface area contributed by atoms with Crippen LogP contribution in [0.1, 0.15) is 19.8 Å². The third-order valence-electron chi connectivity index (χ3n) is 4.57. The van der Waals surface area contributed by atoms with E-state index in [1.54, 1.807) is 22.8 Å². The average molecular weight is 355 g/mol. The SMILES string of the molecule is CCC[C@H]1CN(S(=O)(=O)N2CCOCC2)C[C@@H]1Nc1ncccn1. The molecule has 0 radical (unpaired) electrons. The molecule has 0 spiro atoms. The molecule has 2 atom stereocenters. The van der Waals surface area contributed by atoms with Gasteiger partial charge in [-0.1, -0.05) is 13.3 Å². The van der Waals surface area contributed by atoms with Crippen molar-refractivity contribution in [3.63, 3.8) is 0 Å². The molecule has 0 saturated carbocycles. The summed E-state index contributed by atoms with van der Waals surface area (Å²) in [6, 6.07) is 1.79. The molecule has 2 fully saturated rings. The van der Waals surface area contributed by atoms with Crippen LogP contribution in [0, 0.1) is 5.92 Å². The maximum Gasteiger partial charge on any atom is 0.282 e. The van der Waals surface area contributed by atoms with Crippen molar-refractivity contribution < 1.29 is 13.2 Å². The van der Waals surface area contributed by atoms with Gasteiger partial charge in [0.25, 0.3) is 10.2 Å². The Bertz CT molecular complexity index is 621. The first-order valence-corrected chi connectivity index (χ1v) is 9.87. The van der Waals surface area contributed by atoms with Gasteiger partial charge in [-0.05, 0) is 18.4 Å². The number of nitrogens with zero attached hydrogens (tertiary/aromatic N) is 4. The van der Waals surface area contributed by atoms with Crippen LogP contribution in [0.3, 0.4) is 0 Å². The molecule has 2 aliphatic rings. The molecule has 1 aromatic heterocycles. The number of aromatic nitrogens is 2. The lowest BCUT2D eigenvalue weighted by atomic mass is 9.98. The van der Waals surface area contributed by atoms with Gasteiger partial charge in [-0.15, -0.1) is 0 Å². The quantitative estimate of drug-likeness (QED) is 0.802. The van der Waals surface area contributed by atoms with Gasteiger partial charge in [0.05, 0.1) is 13.2 Å². The molecule has 8 nitrogen and oxygen atoms in total.